The van der Waals surface area contributed by atoms with Gasteiger partial charge >= 0.3 is 5.97 Å². The minimum absolute atomic E-state index is 0.126. The Kier molecular flexibility index (Phi) is 54.3. The number of ether oxygens (including phenoxy) is 10. The first kappa shape index (κ1) is 58.1. The second kappa shape index (κ2) is 55.1. The zero-order chi connectivity index (χ0) is 42.5. The summed E-state index contributed by atoms with van der Waals surface area (Å²) in [7, 11) is 0. The van der Waals surface area contributed by atoms with Gasteiger partial charge in [0.15, 0.2) is 0 Å². The van der Waals surface area contributed by atoms with E-state index in [1.54, 1.807) is 0 Å². The molecule has 0 saturated heterocycles. The van der Waals surface area contributed by atoms with Gasteiger partial charge in [-0.3, -0.25) is 4.79 Å². The molecule has 0 fully saturated rings. The van der Waals surface area contributed by atoms with Gasteiger partial charge in [-0.15, -0.1) is 0 Å². The van der Waals surface area contributed by atoms with E-state index in [4.69, 9.17) is 47.4 Å². The molecule has 11 heteroatoms. The Morgan fingerprint density at radius 2 is 0.441 bits per heavy atom. The SMILES string of the molecule is CCCCCCCCCCCCCCCCCC(=O)OCCOCCOCCOCCOCCOCCOCCOCCOCCOCCCCCCCCCCCC. The normalized spacial score (nSPS) is 11.6. The zero-order valence-electron chi connectivity index (χ0n) is 38.8. The molecule has 0 amide bonds. The van der Waals surface area contributed by atoms with E-state index in [1.165, 1.54) is 141 Å². The van der Waals surface area contributed by atoms with Gasteiger partial charge in [-0.05, 0) is 12.8 Å². The highest BCUT2D eigenvalue weighted by Crippen LogP contribution is 2.14. The highest BCUT2D eigenvalue weighted by atomic mass is 16.6. The Hall–Kier alpha value is -0.890. The van der Waals surface area contributed by atoms with E-state index in [0.29, 0.717) is 125 Å². The first-order valence-corrected chi connectivity index (χ1v) is 24.7. The van der Waals surface area contributed by atoms with Crippen molar-refractivity contribution in [2.75, 3.05) is 126 Å². The molecular formula is C48H96O11. The molecule has 11 nitrogen and oxygen atoms in total. The molecule has 0 heterocycles. The van der Waals surface area contributed by atoms with Crippen LogP contribution in [-0.4, -0.2) is 132 Å². The average Bonchev–Trinajstić information content (AvgIpc) is 3.24. The van der Waals surface area contributed by atoms with Crippen LogP contribution in [0.4, 0.5) is 0 Å². The minimum atomic E-state index is -0.126. The average molecular weight is 849 g/mol. The lowest BCUT2D eigenvalue weighted by molar-refractivity contribution is -0.145. The van der Waals surface area contributed by atoms with Crippen LogP contribution in [0.3, 0.4) is 0 Å². The van der Waals surface area contributed by atoms with Gasteiger partial charge in [-0.1, -0.05) is 162 Å². The van der Waals surface area contributed by atoms with Crippen molar-refractivity contribution in [2.45, 2.75) is 181 Å². The Morgan fingerprint density at radius 3 is 0.712 bits per heavy atom. The molecule has 0 aliphatic carbocycles. The third-order valence-electron chi connectivity index (χ3n) is 10.1. The van der Waals surface area contributed by atoms with Crippen LogP contribution < -0.4 is 0 Å². The highest BCUT2D eigenvalue weighted by molar-refractivity contribution is 5.69. The lowest BCUT2D eigenvalue weighted by atomic mass is 10.0. The predicted molar refractivity (Wildman–Crippen MR) is 240 cm³/mol. The van der Waals surface area contributed by atoms with Crippen LogP contribution in [0.25, 0.3) is 0 Å². The quantitative estimate of drug-likeness (QED) is 0.0431. The highest BCUT2D eigenvalue weighted by Gasteiger charge is 2.03. The molecule has 0 aromatic carbocycles. The second-order valence-corrected chi connectivity index (χ2v) is 15.6. The molecule has 0 radical (unpaired) electrons. The number of rotatable bonds is 54. The van der Waals surface area contributed by atoms with Crippen LogP contribution in [0.2, 0.25) is 0 Å². The van der Waals surface area contributed by atoms with Crippen molar-refractivity contribution in [1.82, 2.24) is 0 Å². The zero-order valence-corrected chi connectivity index (χ0v) is 38.8. The van der Waals surface area contributed by atoms with Gasteiger partial charge in [0.25, 0.3) is 0 Å². The largest absolute Gasteiger partial charge is 0.463 e. The van der Waals surface area contributed by atoms with Crippen molar-refractivity contribution in [3.05, 3.63) is 0 Å². The molecule has 0 aromatic heterocycles. The van der Waals surface area contributed by atoms with E-state index >= 15 is 0 Å². The van der Waals surface area contributed by atoms with E-state index in [0.717, 1.165) is 25.9 Å². The second-order valence-electron chi connectivity index (χ2n) is 15.6. The molecule has 0 aliphatic rings. The Morgan fingerprint density at radius 1 is 0.237 bits per heavy atom. The Labute approximate surface area is 363 Å². The molecule has 0 N–H and O–H groups in total. The van der Waals surface area contributed by atoms with Gasteiger partial charge in [-0.25, -0.2) is 0 Å². The van der Waals surface area contributed by atoms with Gasteiger partial charge in [0.1, 0.15) is 6.61 Å². The van der Waals surface area contributed by atoms with Crippen LogP contribution in [0.5, 0.6) is 0 Å². The maximum absolute atomic E-state index is 11.9. The van der Waals surface area contributed by atoms with Gasteiger partial charge in [0.05, 0.1) is 112 Å². The number of carbonyl (C=O) groups is 1. The van der Waals surface area contributed by atoms with E-state index in [2.05, 4.69) is 13.8 Å². The van der Waals surface area contributed by atoms with Gasteiger partial charge < -0.3 is 47.4 Å². The summed E-state index contributed by atoms with van der Waals surface area (Å²) in [4.78, 5) is 11.9. The van der Waals surface area contributed by atoms with Crippen molar-refractivity contribution in [3.63, 3.8) is 0 Å². The number of unbranched alkanes of at least 4 members (excludes halogenated alkanes) is 23. The summed E-state index contributed by atoms with van der Waals surface area (Å²) in [6.45, 7) is 14.5. The van der Waals surface area contributed by atoms with Crippen LogP contribution in [0.1, 0.15) is 181 Å². The summed E-state index contributed by atoms with van der Waals surface area (Å²) in [6.07, 6.45) is 33.7. The smallest absolute Gasteiger partial charge is 0.305 e. The van der Waals surface area contributed by atoms with Crippen LogP contribution in [-0.2, 0) is 52.2 Å². The molecule has 0 unspecified atom stereocenters. The fraction of sp³-hybridized carbons (Fsp3) is 0.979. The first-order valence-electron chi connectivity index (χ1n) is 24.7. The molecule has 0 atom stereocenters. The fourth-order valence-corrected chi connectivity index (χ4v) is 6.48. The van der Waals surface area contributed by atoms with Crippen LogP contribution in [0, 0.1) is 0 Å². The van der Waals surface area contributed by atoms with E-state index in [9.17, 15) is 4.79 Å². The molecule has 0 aliphatic heterocycles. The summed E-state index contributed by atoms with van der Waals surface area (Å²) in [5.74, 6) is -0.126. The lowest BCUT2D eigenvalue weighted by Gasteiger charge is -2.09. The third kappa shape index (κ3) is 55.1. The van der Waals surface area contributed by atoms with Crippen molar-refractivity contribution in [3.8, 4) is 0 Å². The molecule has 59 heavy (non-hydrogen) atoms. The van der Waals surface area contributed by atoms with Crippen molar-refractivity contribution < 1.29 is 52.2 Å². The lowest BCUT2D eigenvalue weighted by Crippen LogP contribution is -2.15. The third-order valence-corrected chi connectivity index (χ3v) is 10.1. The maximum atomic E-state index is 11.9. The molecule has 0 rings (SSSR count). The van der Waals surface area contributed by atoms with Gasteiger partial charge in [-0.2, -0.15) is 0 Å². The number of hydrogen-bond donors (Lipinski definition) is 0. The van der Waals surface area contributed by atoms with E-state index in [-0.39, 0.29) is 5.97 Å². The molecular weight excluding hydrogens is 753 g/mol. The molecule has 0 spiro atoms. The summed E-state index contributed by atoms with van der Waals surface area (Å²) in [5.41, 5.74) is 0. The molecule has 0 saturated carbocycles. The van der Waals surface area contributed by atoms with Crippen LogP contribution in [0.15, 0.2) is 0 Å². The van der Waals surface area contributed by atoms with Crippen molar-refractivity contribution in [2.24, 2.45) is 0 Å². The monoisotopic (exact) mass is 849 g/mol. The van der Waals surface area contributed by atoms with Crippen molar-refractivity contribution >= 4 is 5.97 Å². The molecule has 0 aromatic rings. The summed E-state index contributed by atoms with van der Waals surface area (Å²) >= 11 is 0. The number of hydrogen-bond acceptors (Lipinski definition) is 11. The number of carbonyl (C=O) groups excluding carboxylic acids is 1. The van der Waals surface area contributed by atoms with Crippen molar-refractivity contribution in [1.29, 1.82) is 0 Å². The van der Waals surface area contributed by atoms with Gasteiger partial charge in [0, 0.05) is 13.0 Å². The topological polar surface area (TPSA) is 109 Å². The Balaban J connectivity index is 3.12. The summed E-state index contributed by atoms with van der Waals surface area (Å²) < 4.78 is 55.1. The van der Waals surface area contributed by atoms with Gasteiger partial charge in [0.2, 0.25) is 0 Å². The molecule has 354 valence electrons. The maximum Gasteiger partial charge on any atom is 0.305 e. The fourth-order valence-electron chi connectivity index (χ4n) is 6.48. The predicted octanol–water partition coefficient (Wildman–Crippen LogP) is 10.9. The first-order chi connectivity index (χ1) is 29.3. The Bertz CT molecular complexity index is 760. The van der Waals surface area contributed by atoms with E-state index < -0.39 is 0 Å². The van der Waals surface area contributed by atoms with E-state index in [1.807, 2.05) is 0 Å². The minimum Gasteiger partial charge on any atom is -0.463 e. The summed E-state index contributed by atoms with van der Waals surface area (Å²) in [6, 6.07) is 0. The molecule has 0 bridgehead atoms. The number of esters is 1. The summed E-state index contributed by atoms with van der Waals surface area (Å²) in [5, 5.41) is 0. The van der Waals surface area contributed by atoms with Crippen LogP contribution >= 0.6 is 0 Å². The standard InChI is InChI=1S/C48H96O11/c1-3-5-7-9-11-13-15-16-17-18-19-20-22-24-26-28-48(49)59-47-46-58-45-44-57-43-42-56-41-40-55-39-38-54-37-36-53-35-34-52-33-32-51-31-30-50-29-27-25-23-21-14-12-10-8-6-4-2/h3-47H2,1-2H3.